The van der Waals surface area contributed by atoms with Gasteiger partial charge in [0.15, 0.2) is 0 Å². The van der Waals surface area contributed by atoms with Crippen LogP contribution in [0.3, 0.4) is 0 Å². The van der Waals surface area contributed by atoms with Crippen molar-refractivity contribution in [1.29, 1.82) is 0 Å². The van der Waals surface area contributed by atoms with Gasteiger partial charge in [0.05, 0.1) is 12.8 Å². The van der Waals surface area contributed by atoms with Crippen LogP contribution in [0.25, 0.3) is 0 Å². The summed E-state index contributed by atoms with van der Waals surface area (Å²) in [5, 5.41) is 6.00. The van der Waals surface area contributed by atoms with Crippen LogP contribution in [0.4, 0.5) is 21.7 Å². The predicted molar refractivity (Wildman–Crippen MR) is 97.7 cm³/mol. The van der Waals surface area contributed by atoms with Gasteiger partial charge in [0.2, 0.25) is 5.95 Å². The predicted octanol–water partition coefficient (Wildman–Crippen LogP) is 4.27. The molecule has 3 aromatic rings. The van der Waals surface area contributed by atoms with E-state index in [2.05, 4.69) is 20.6 Å². The molecule has 0 saturated carbocycles. The molecule has 0 radical (unpaired) electrons. The molecule has 0 aliphatic rings. The molecule has 0 unspecified atom stereocenters. The van der Waals surface area contributed by atoms with Crippen LogP contribution in [-0.2, 0) is 0 Å². The molecular weight excluding hydrogens is 359 g/mol. The highest BCUT2D eigenvalue weighted by molar-refractivity contribution is 6.31. The number of hydrogen-bond acceptors (Lipinski definition) is 5. The normalized spacial score (nSPS) is 10.3. The van der Waals surface area contributed by atoms with Gasteiger partial charge in [0.25, 0.3) is 5.91 Å². The summed E-state index contributed by atoms with van der Waals surface area (Å²) in [6, 6.07) is 12.2. The zero-order valence-electron chi connectivity index (χ0n) is 13.7. The summed E-state index contributed by atoms with van der Waals surface area (Å²) in [6.07, 6.45) is 1.43. The van der Waals surface area contributed by atoms with Crippen LogP contribution in [0.15, 0.2) is 54.7 Å². The van der Waals surface area contributed by atoms with Gasteiger partial charge in [-0.25, -0.2) is 14.4 Å². The van der Waals surface area contributed by atoms with Crippen molar-refractivity contribution in [3.8, 4) is 5.75 Å². The number of amides is 1. The molecule has 3 rings (SSSR count). The lowest BCUT2D eigenvalue weighted by Crippen LogP contribution is -2.15. The van der Waals surface area contributed by atoms with Gasteiger partial charge in [0, 0.05) is 16.9 Å². The van der Waals surface area contributed by atoms with Crippen molar-refractivity contribution >= 4 is 34.8 Å². The summed E-state index contributed by atoms with van der Waals surface area (Å²) in [5.41, 5.74) is 1.02. The van der Waals surface area contributed by atoms with E-state index in [1.807, 2.05) is 0 Å². The number of carbonyl (C=O) groups is 1. The third-order valence-corrected chi connectivity index (χ3v) is 3.61. The largest absolute Gasteiger partial charge is 0.495 e. The van der Waals surface area contributed by atoms with E-state index in [0.717, 1.165) is 0 Å². The Labute approximate surface area is 154 Å². The van der Waals surface area contributed by atoms with Gasteiger partial charge in [0.1, 0.15) is 17.3 Å². The highest BCUT2D eigenvalue weighted by Crippen LogP contribution is 2.28. The van der Waals surface area contributed by atoms with Crippen molar-refractivity contribution in [2.45, 2.75) is 0 Å². The van der Waals surface area contributed by atoms with Crippen LogP contribution < -0.4 is 15.4 Å². The number of ether oxygens (including phenoxy) is 1. The summed E-state index contributed by atoms with van der Waals surface area (Å²) in [7, 11) is 1.49. The van der Waals surface area contributed by atoms with E-state index in [-0.39, 0.29) is 11.6 Å². The van der Waals surface area contributed by atoms with Crippen molar-refractivity contribution in [3.05, 3.63) is 71.3 Å². The first-order valence-electron chi connectivity index (χ1n) is 7.55. The maximum Gasteiger partial charge on any atom is 0.274 e. The number of nitrogens with one attached hydrogen (secondary N) is 2. The number of methoxy groups -OCH3 is 1. The minimum atomic E-state index is -0.463. The first-order chi connectivity index (χ1) is 12.5. The van der Waals surface area contributed by atoms with E-state index in [0.29, 0.717) is 22.1 Å². The fraction of sp³-hybridized carbons (Fsp3) is 0.0556. The van der Waals surface area contributed by atoms with E-state index < -0.39 is 11.7 Å². The molecule has 132 valence electrons. The number of rotatable bonds is 5. The quantitative estimate of drug-likeness (QED) is 0.699. The van der Waals surface area contributed by atoms with Crippen LogP contribution in [-0.4, -0.2) is 23.0 Å². The van der Waals surface area contributed by atoms with Crippen molar-refractivity contribution in [2.75, 3.05) is 17.7 Å². The van der Waals surface area contributed by atoms with Gasteiger partial charge in [-0.15, -0.1) is 0 Å². The Morgan fingerprint density at radius 2 is 2.04 bits per heavy atom. The number of benzene rings is 2. The topological polar surface area (TPSA) is 76.1 Å². The van der Waals surface area contributed by atoms with Crippen molar-refractivity contribution < 1.29 is 13.9 Å². The Morgan fingerprint density at radius 3 is 2.81 bits per heavy atom. The van der Waals surface area contributed by atoms with Crippen LogP contribution in [0.1, 0.15) is 10.5 Å². The standard InChI is InChI=1S/C18H14ClFN4O2/c1-26-16-6-5-11(19)9-15(16)23-17(25)14-7-8-21-18(24-14)22-13-4-2-3-12(20)10-13/h2-10H,1H3,(H,23,25)(H,21,22,24). The van der Waals surface area contributed by atoms with E-state index in [1.54, 1.807) is 30.3 Å². The fourth-order valence-electron chi connectivity index (χ4n) is 2.20. The zero-order valence-corrected chi connectivity index (χ0v) is 14.4. The van der Waals surface area contributed by atoms with Gasteiger partial charge in [-0.1, -0.05) is 17.7 Å². The molecule has 0 aliphatic carbocycles. The van der Waals surface area contributed by atoms with Crippen LogP contribution in [0.5, 0.6) is 5.75 Å². The summed E-state index contributed by atoms with van der Waals surface area (Å²) in [5.74, 6) is -0.219. The molecule has 0 spiro atoms. The number of nitrogens with zero attached hydrogens (tertiary/aromatic N) is 2. The summed E-state index contributed by atoms with van der Waals surface area (Å²) in [6.45, 7) is 0. The number of carbonyl (C=O) groups excluding carboxylic acids is 1. The molecule has 2 N–H and O–H groups in total. The SMILES string of the molecule is COc1ccc(Cl)cc1NC(=O)c1ccnc(Nc2cccc(F)c2)n1. The third kappa shape index (κ3) is 4.25. The van der Waals surface area contributed by atoms with Crippen LogP contribution >= 0.6 is 11.6 Å². The zero-order chi connectivity index (χ0) is 18.5. The molecule has 1 amide bonds. The molecule has 0 atom stereocenters. The Balaban J connectivity index is 1.79. The monoisotopic (exact) mass is 372 g/mol. The number of halogens is 2. The minimum Gasteiger partial charge on any atom is -0.495 e. The van der Waals surface area contributed by atoms with Gasteiger partial charge in [-0.05, 0) is 42.5 Å². The van der Waals surface area contributed by atoms with Gasteiger partial charge < -0.3 is 15.4 Å². The number of hydrogen-bond donors (Lipinski definition) is 2. The van der Waals surface area contributed by atoms with Gasteiger partial charge in [-0.2, -0.15) is 0 Å². The highest BCUT2D eigenvalue weighted by atomic mass is 35.5. The molecule has 1 heterocycles. The molecule has 1 aromatic heterocycles. The summed E-state index contributed by atoms with van der Waals surface area (Å²) < 4.78 is 18.5. The first kappa shape index (κ1) is 17.6. The second-order valence-electron chi connectivity index (χ2n) is 5.20. The summed E-state index contributed by atoms with van der Waals surface area (Å²) >= 11 is 5.96. The Bertz CT molecular complexity index is 952. The van der Waals surface area contributed by atoms with Crippen LogP contribution in [0, 0.1) is 5.82 Å². The average molecular weight is 373 g/mol. The Kier molecular flexibility index (Phi) is 5.28. The molecule has 6 nitrogen and oxygen atoms in total. The van der Waals surface area contributed by atoms with E-state index in [4.69, 9.17) is 16.3 Å². The molecule has 0 saturated heterocycles. The lowest BCUT2D eigenvalue weighted by Gasteiger charge is -2.11. The molecule has 8 heteroatoms. The lowest BCUT2D eigenvalue weighted by atomic mass is 10.2. The van der Waals surface area contributed by atoms with Gasteiger partial charge >= 0.3 is 0 Å². The second-order valence-corrected chi connectivity index (χ2v) is 5.64. The number of anilines is 3. The van der Waals surface area contributed by atoms with E-state index in [9.17, 15) is 9.18 Å². The summed E-state index contributed by atoms with van der Waals surface area (Å²) in [4.78, 5) is 20.6. The third-order valence-electron chi connectivity index (χ3n) is 3.38. The molecular formula is C18H14ClFN4O2. The van der Waals surface area contributed by atoms with E-state index in [1.165, 1.54) is 31.5 Å². The Morgan fingerprint density at radius 1 is 1.19 bits per heavy atom. The first-order valence-corrected chi connectivity index (χ1v) is 7.93. The fourth-order valence-corrected chi connectivity index (χ4v) is 2.38. The molecule has 0 aliphatic heterocycles. The Hall–Kier alpha value is -3.19. The maximum atomic E-state index is 13.3. The van der Waals surface area contributed by atoms with Crippen molar-refractivity contribution in [1.82, 2.24) is 9.97 Å². The van der Waals surface area contributed by atoms with Crippen molar-refractivity contribution in [2.24, 2.45) is 0 Å². The van der Waals surface area contributed by atoms with Crippen molar-refractivity contribution in [3.63, 3.8) is 0 Å². The van der Waals surface area contributed by atoms with E-state index >= 15 is 0 Å². The maximum absolute atomic E-state index is 13.3. The molecule has 0 bridgehead atoms. The number of aromatic nitrogens is 2. The molecule has 2 aromatic carbocycles. The highest BCUT2D eigenvalue weighted by Gasteiger charge is 2.13. The molecule has 0 fully saturated rings. The lowest BCUT2D eigenvalue weighted by molar-refractivity contribution is 0.102. The second kappa shape index (κ2) is 7.79. The van der Waals surface area contributed by atoms with Crippen LogP contribution in [0.2, 0.25) is 5.02 Å². The van der Waals surface area contributed by atoms with Gasteiger partial charge in [-0.3, -0.25) is 4.79 Å². The minimum absolute atomic E-state index is 0.126. The average Bonchev–Trinajstić information content (AvgIpc) is 2.62. The molecule has 26 heavy (non-hydrogen) atoms. The smallest absolute Gasteiger partial charge is 0.274 e.